The predicted molar refractivity (Wildman–Crippen MR) is 113 cm³/mol. The lowest BCUT2D eigenvalue weighted by Gasteiger charge is -2.23. The van der Waals surface area contributed by atoms with E-state index in [-0.39, 0.29) is 0 Å². The van der Waals surface area contributed by atoms with Crippen LogP contribution in [0.5, 0.6) is 0 Å². The van der Waals surface area contributed by atoms with Gasteiger partial charge in [-0.2, -0.15) is 0 Å². The van der Waals surface area contributed by atoms with Gasteiger partial charge in [-0.25, -0.2) is 0 Å². The summed E-state index contributed by atoms with van der Waals surface area (Å²) in [5.41, 5.74) is 0. The third kappa shape index (κ3) is 15.9. The Morgan fingerprint density at radius 3 is 1.44 bits per heavy atom. The van der Waals surface area contributed by atoms with E-state index in [1.54, 1.807) is 0 Å². The van der Waals surface area contributed by atoms with Crippen LogP contribution >= 0.6 is 0 Å². The first kappa shape index (κ1) is 23.0. The van der Waals surface area contributed by atoms with Gasteiger partial charge >= 0.3 is 0 Å². The van der Waals surface area contributed by atoms with Gasteiger partial charge in [0.2, 0.25) is 0 Å². The number of nitrogens with one attached hydrogen (secondary N) is 2. The Balaban J connectivity index is 1.65. The summed E-state index contributed by atoms with van der Waals surface area (Å²) in [4.78, 5) is 0. The smallest absolute Gasteiger partial charge is 0.00912 e. The van der Waals surface area contributed by atoms with Gasteiger partial charge in [0.15, 0.2) is 0 Å². The van der Waals surface area contributed by atoms with E-state index >= 15 is 0 Å². The van der Waals surface area contributed by atoms with Crippen molar-refractivity contribution < 1.29 is 0 Å². The van der Waals surface area contributed by atoms with Gasteiger partial charge in [-0.05, 0) is 38.9 Å². The second-order valence-corrected chi connectivity index (χ2v) is 8.28. The van der Waals surface area contributed by atoms with E-state index in [9.17, 15) is 0 Å². The molecule has 0 aromatic rings. The minimum atomic E-state index is 0.789. The van der Waals surface area contributed by atoms with Crippen LogP contribution in [0.1, 0.15) is 122 Å². The predicted octanol–water partition coefficient (Wildman–Crippen LogP) is 6.59. The molecule has 1 fully saturated rings. The number of piperidine rings is 1. The summed E-state index contributed by atoms with van der Waals surface area (Å²) in [6, 6.07) is 0.789. The van der Waals surface area contributed by atoms with Crippen molar-refractivity contribution in [1.82, 2.24) is 10.6 Å². The van der Waals surface area contributed by atoms with E-state index in [1.165, 1.54) is 135 Å². The molecule has 2 N–H and O–H groups in total. The van der Waals surface area contributed by atoms with Gasteiger partial charge in [-0.15, -0.1) is 0 Å². The number of hydrogen-bond donors (Lipinski definition) is 2. The molecular weight excluding hydrogens is 304 g/mol. The SMILES string of the molecule is CCCCCCCCCCCCCCCCCCNC1CCNCC1. The van der Waals surface area contributed by atoms with Crippen LogP contribution in [0.25, 0.3) is 0 Å². The first-order chi connectivity index (χ1) is 12.4. The highest BCUT2D eigenvalue weighted by atomic mass is 15.0. The van der Waals surface area contributed by atoms with Gasteiger partial charge in [-0.1, -0.05) is 103 Å². The summed E-state index contributed by atoms with van der Waals surface area (Å²) in [6.07, 6.45) is 25.9. The fourth-order valence-corrected chi connectivity index (χ4v) is 4.01. The van der Waals surface area contributed by atoms with Crippen LogP contribution in [-0.4, -0.2) is 25.7 Å². The Kier molecular flexibility index (Phi) is 17.2. The summed E-state index contributed by atoms with van der Waals surface area (Å²) < 4.78 is 0. The van der Waals surface area contributed by atoms with Crippen molar-refractivity contribution >= 4 is 0 Å². The van der Waals surface area contributed by atoms with Crippen molar-refractivity contribution in [3.05, 3.63) is 0 Å². The zero-order valence-corrected chi connectivity index (χ0v) is 17.4. The molecule has 0 amide bonds. The van der Waals surface area contributed by atoms with Crippen molar-refractivity contribution in [3.63, 3.8) is 0 Å². The highest BCUT2D eigenvalue weighted by Crippen LogP contribution is 2.13. The molecule has 0 unspecified atom stereocenters. The van der Waals surface area contributed by atoms with E-state index in [1.807, 2.05) is 0 Å². The lowest BCUT2D eigenvalue weighted by molar-refractivity contribution is 0.383. The van der Waals surface area contributed by atoms with Crippen molar-refractivity contribution in [2.24, 2.45) is 0 Å². The third-order valence-electron chi connectivity index (χ3n) is 5.80. The summed E-state index contributed by atoms with van der Waals surface area (Å²) >= 11 is 0. The molecule has 2 nitrogen and oxygen atoms in total. The monoisotopic (exact) mass is 352 g/mol. The van der Waals surface area contributed by atoms with Crippen molar-refractivity contribution in [1.29, 1.82) is 0 Å². The highest BCUT2D eigenvalue weighted by Gasteiger charge is 2.10. The molecule has 0 aliphatic carbocycles. The number of hydrogen-bond acceptors (Lipinski definition) is 2. The quantitative estimate of drug-likeness (QED) is 0.272. The Morgan fingerprint density at radius 1 is 0.600 bits per heavy atom. The zero-order valence-electron chi connectivity index (χ0n) is 17.4. The third-order valence-corrected chi connectivity index (χ3v) is 5.80. The number of unbranched alkanes of at least 4 members (excludes halogenated alkanes) is 15. The summed E-state index contributed by atoms with van der Waals surface area (Å²) in [5, 5.41) is 7.16. The number of rotatable bonds is 18. The van der Waals surface area contributed by atoms with E-state index in [4.69, 9.17) is 0 Å². The van der Waals surface area contributed by atoms with Crippen molar-refractivity contribution in [3.8, 4) is 0 Å². The second kappa shape index (κ2) is 18.7. The van der Waals surface area contributed by atoms with Gasteiger partial charge < -0.3 is 10.6 Å². The molecule has 0 saturated carbocycles. The molecule has 2 heteroatoms. The van der Waals surface area contributed by atoms with Crippen LogP contribution in [-0.2, 0) is 0 Å². The van der Waals surface area contributed by atoms with E-state index in [2.05, 4.69) is 17.6 Å². The Morgan fingerprint density at radius 2 is 1.00 bits per heavy atom. The molecule has 1 aliphatic heterocycles. The van der Waals surface area contributed by atoms with Crippen LogP contribution in [0, 0.1) is 0 Å². The Bertz CT molecular complexity index is 248. The molecule has 0 bridgehead atoms. The molecule has 0 spiro atoms. The maximum atomic E-state index is 3.73. The minimum absolute atomic E-state index is 0.789. The topological polar surface area (TPSA) is 24.1 Å². The van der Waals surface area contributed by atoms with Gasteiger partial charge in [-0.3, -0.25) is 0 Å². The molecule has 0 radical (unpaired) electrons. The van der Waals surface area contributed by atoms with E-state index < -0.39 is 0 Å². The van der Waals surface area contributed by atoms with Crippen LogP contribution in [0.4, 0.5) is 0 Å². The van der Waals surface area contributed by atoms with Crippen LogP contribution in [0.3, 0.4) is 0 Å². The molecule has 25 heavy (non-hydrogen) atoms. The van der Waals surface area contributed by atoms with Gasteiger partial charge in [0.25, 0.3) is 0 Å². The molecule has 0 atom stereocenters. The van der Waals surface area contributed by atoms with Crippen molar-refractivity contribution in [2.75, 3.05) is 19.6 Å². The average molecular weight is 353 g/mol. The second-order valence-electron chi connectivity index (χ2n) is 8.28. The van der Waals surface area contributed by atoms with Crippen LogP contribution < -0.4 is 10.6 Å². The first-order valence-electron chi connectivity index (χ1n) is 11.9. The molecule has 0 aromatic carbocycles. The first-order valence-corrected chi connectivity index (χ1v) is 11.9. The normalized spacial score (nSPS) is 15.7. The Labute approximate surface area is 159 Å². The average Bonchev–Trinajstić information content (AvgIpc) is 2.65. The molecule has 0 aromatic heterocycles. The zero-order chi connectivity index (χ0) is 17.8. The van der Waals surface area contributed by atoms with Crippen molar-refractivity contribution in [2.45, 2.75) is 129 Å². The van der Waals surface area contributed by atoms with Crippen LogP contribution in [0.2, 0.25) is 0 Å². The fraction of sp³-hybridized carbons (Fsp3) is 1.00. The fourth-order valence-electron chi connectivity index (χ4n) is 4.01. The van der Waals surface area contributed by atoms with E-state index in [0.717, 1.165) is 6.04 Å². The van der Waals surface area contributed by atoms with Gasteiger partial charge in [0.05, 0.1) is 0 Å². The van der Waals surface area contributed by atoms with Crippen LogP contribution in [0.15, 0.2) is 0 Å². The molecule has 1 saturated heterocycles. The minimum Gasteiger partial charge on any atom is -0.317 e. The molecule has 150 valence electrons. The maximum absolute atomic E-state index is 3.73. The lowest BCUT2D eigenvalue weighted by Crippen LogP contribution is -2.40. The largest absolute Gasteiger partial charge is 0.317 e. The van der Waals surface area contributed by atoms with Gasteiger partial charge in [0, 0.05) is 6.04 Å². The van der Waals surface area contributed by atoms with E-state index in [0.29, 0.717) is 0 Å². The Hall–Kier alpha value is -0.0800. The summed E-state index contributed by atoms with van der Waals surface area (Å²) in [7, 11) is 0. The molecule has 1 rings (SSSR count). The maximum Gasteiger partial charge on any atom is 0.00912 e. The highest BCUT2D eigenvalue weighted by molar-refractivity contribution is 4.73. The standard InChI is InChI=1S/C23H48N2/c1-2-3-4-5-6-7-8-9-10-11-12-13-14-15-16-17-20-25-23-18-21-24-22-19-23/h23-25H,2-22H2,1H3. The molecule has 1 aliphatic rings. The molecular formula is C23H48N2. The molecule has 1 heterocycles. The summed E-state index contributed by atoms with van der Waals surface area (Å²) in [5.74, 6) is 0. The summed E-state index contributed by atoms with van der Waals surface area (Å²) in [6.45, 7) is 5.95. The lowest BCUT2D eigenvalue weighted by atomic mass is 10.0. The van der Waals surface area contributed by atoms with Gasteiger partial charge in [0.1, 0.15) is 0 Å².